The summed E-state index contributed by atoms with van der Waals surface area (Å²) in [5, 5.41) is 24.3. The Morgan fingerprint density at radius 2 is 2.07 bits per heavy atom. The molecule has 3 spiro atoms. The van der Waals surface area contributed by atoms with Gasteiger partial charge in [-0.25, -0.2) is 0 Å². The van der Waals surface area contributed by atoms with Crippen molar-refractivity contribution in [2.45, 2.75) is 79.9 Å². The number of nitrogens with zero attached hydrogens (tertiary/aromatic N) is 1. The molecule has 7 heteroatoms. The smallest absolute Gasteiger partial charge is 0.148 e. The Labute approximate surface area is 170 Å². The number of piperidine rings is 1. The lowest BCUT2D eigenvalue weighted by Gasteiger charge is -2.68. The number of likely N-dealkylation sites (N-methyl/N-ethyl adjacent to an activating group) is 1. The fourth-order valence-corrected chi connectivity index (χ4v) is 10.7. The number of methoxy groups -OCH3 is 1. The topological polar surface area (TPSA) is 83.9 Å². The second kappa shape index (κ2) is 4.72. The molecule has 8 rings (SSSR count). The third-order valence-corrected chi connectivity index (χ3v) is 11.3. The van der Waals surface area contributed by atoms with E-state index in [1.165, 1.54) is 0 Å². The molecule has 8 fully saturated rings. The Balaban J connectivity index is 1.42. The standard InChI is InChI=1S/C22H31NO6/c1-3-23-8-19-13-5-11-17(23)21(13,15(24)6-16(19)29-19)14-4-10-12(26-2)7-20(11,25)22(14)18(10)27-9-28-22/h10-18,24-25H,3-9H2,1-2H3. The Morgan fingerprint density at radius 1 is 1.21 bits per heavy atom. The maximum absolute atomic E-state index is 12.6. The zero-order chi connectivity index (χ0) is 19.6. The molecule has 3 saturated heterocycles. The quantitative estimate of drug-likeness (QED) is 0.632. The van der Waals surface area contributed by atoms with Gasteiger partial charge in [-0.1, -0.05) is 6.92 Å². The van der Waals surface area contributed by atoms with Crippen molar-refractivity contribution in [2.75, 3.05) is 27.0 Å². The van der Waals surface area contributed by atoms with E-state index in [9.17, 15) is 10.2 Å². The van der Waals surface area contributed by atoms with E-state index >= 15 is 0 Å². The van der Waals surface area contributed by atoms with Gasteiger partial charge in [-0.15, -0.1) is 0 Å². The Bertz CT molecular complexity index is 810. The van der Waals surface area contributed by atoms with E-state index in [1.807, 2.05) is 0 Å². The van der Waals surface area contributed by atoms with E-state index in [0.29, 0.717) is 12.3 Å². The van der Waals surface area contributed by atoms with Crippen LogP contribution in [0.15, 0.2) is 0 Å². The van der Waals surface area contributed by atoms with Gasteiger partial charge in [0.1, 0.15) is 23.6 Å². The zero-order valence-electron chi connectivity index (χ0n) is 17.1. The van der Waals surface area contributed by atoms with Crippen LogP contribution < -0.4 is 0 Å². The molecular weight excluding hydrogens is 374 g/mol. The summed E-state index contributed by atoms with van der Waals surface area (Å²) in [4.78, 5) is 2.54. The van der Waals surface area contributed by atoms with Crippen LogP contribution in [0.3, 0.4) is 0 Å². The normalized spacial score (nSPS) is 70.6. The number of fused-ring (bicyclic) bond motifs is 1. The van der Waals surface area contributed by atoms with E-state index in [-0.39, 0.29) is 59.9 Å². The summed E-state index contributed by atoms with van der Waals surface area (Å²) in [6.07, 6.45) is 2.77. The highest BCUT2D eigenvalue weighted by Crippen LogP contribution is 2.82. The predicted octanol–water partition coefficient (Wildman–Crippen LogP) is 0.126. The SMILES string of the molecule is CCN1CC23OC2CC(O)C24C1C(CC32)C1(O)CC(OC)C2CC4C13OCOC23. The number of likely N-dealkylation sites (tertiary alicyclic amines) is 1. The fourth-order valence-electron chi connectivity index (χ4n) is 10.7. The zero-order valence-corrected chi connectivity index (χ0v) is 17.1. The van der Waals surface area contributed by atoms with E-state index < -0.39 is 17.3 Å². The van der Waals surface area contributed by atoms with E-state index in [1.54, 1.807) is 7.11 Å². The fraction of sp³-hybridized carbons (Fsp3) is 1.00. The van der Waals surface area contributed by atoms with Gasteiger partial charge in [0.05, 0.1) is 24.4 Å². The molecule has 0 aromatic rings. The molecule has 8 aliphatic rings. The van der Waals surface area contributed by atoms with E-state index in [0.717, 1.165) is 32.4 Å². The molecule has 13 unspecified atom stereocenters. The minimum absolute atomic E-state index is 0.0184. The summed E-state index contributed by atoms with van der Waals surface area (Å²) in [6.45, 7) is 4.32. The lowest BCUT2D eigenvalue weighted by molar-refractivity contribution is -0.303. The second-order valence-corrected chi connectivity index (χ2v) is 11.2. The van der Waals surface area contributed by atoms with Gasteiger partial charge in [0.15, 0.2) is 0 Å². The average molecular weight is 405 g/mol. The highest BCUT2D eigenvalue weighted by Gasteiger charge is 2.92. The van der Waals surface area contributed by atoms with Crippen LogP contribution in [0.1, 0.15) is 32.6 Å². The minimum atomic E-state index is -0.983. The highest BCUT2D eigenvalue weighted by molar-refractivity contribution is 5.41. The molecule has 2 N–H and O–H groups in total. The van der Waals surface area contributed by atoms with Gasteiger partial charge in [0.25, 0.3) is 0 Å². The van der Waals surface area contributed by atoms with Crippen molar-refractivity contribution in [3.8, 4) is 0 Å². The lowest BCUT2D eigenvalue weighted by Crippen LogP contribution is -2.81. The first-order valence-corrected chi connectivity index (χ1v) is 11.6. The first kappa shape index (κ1) is 17.3. The lowest BCUT2D eigenvalue weighted by atomic mass is 9.44. The molecule has 0 aromatic heterocycles. The van der Waals surface area contributed by atoms with Crippen LogP contribution >= 0.6 is 0 Å². The van der Waals surface area contributed by atoms with Gasteiger partial charge in [-0.05, 0) is 19.4 Å². The Morgan fingerprint density at radius 3 is 2.86 bits per heavy atom. The molecule has 7 bridgehead atoms. The highest BCUT2D eigenvalue weighted by atomic mass is 16.7. The summed E-state index contributed by atoms with van der Waals surface area (Å²) >= 11 is 0. The summed E-state index contributed by atoms with van der Waals surface area (Å²) in [5.74, 6) is 0.665. The molecular formula is C22H31NO6. The molecule has 7 nitrogen and oxygen atoms in total. The second-order valence-electron chi connectivity index (χ2n) is 11.2. The van der Waals surface area contributed by atoms with Crippen molar-refractivity contribution in [3.05, 3.63) is 0 Å². The predicted molar refractivity (Wildman–Crippen MR) is 98.8 cm³/mol. The molecule has 0 radical (unpaired) electrons. The molecule has 29 heavy (non-hydrogen) atoms. The number of epoxide rings is 1. The molecule has 3 aliphatic heterocycles. The number of aliphatic hydroxyl groups is 2. The maximum Gasteiger partial charge on any atom is 0.148 e. The average Bonchev–Trinajstić information content (AvgIpc) is 3.04. The van der Waals surface area contributed by atoms with E-state index in [4.69, 9.17) is 18.9 Å². The van der Waals surface area contributed by atoms with Crippen LogP contribution in [0, 0.1) is 29.1 Å². The van der Waals surface area contributed by atoms with Crippen molar-refractivity contribution in [3.63, 3.8) is 0 Å². The summed E-state index contributed by atoms with van der Waals surface area (Å²) in [7, 11) is 1.76. The monoisotopic (exact) mass is 405 g/mol. The molecule has 0 aromatic carbocycles. The summed E-state index contributed by atoms with van der Waals surface area (Å²) < 4.78 is 25.0. The van der Waals surface area contributed by atoms with E-state index in [2.05, 4.69) is 11.8 Å². The third kappa shape index (κ3) is 1.39. The largest absolute Gasteiger partial charge is 0.392 e. The maximum atomic E-state index is 12.6. The molecule has 160 valence electrons. The van der Waals surface area contributed by atoms with Gasteiger partial charge < -0.3 is 29.2 Å². The van der Waals surface area contributed by atoms with Crippen LogP contribution in [-0.2, 0) is 18.9 Å². The number of ether oxygens (including phenoxy) is 4. The Hall–Kier alpha value is -0.280. The molecule has 3 heterocycles. The van der Waals surface area contributed by atoms with Crippen molar-refractivity contribution >= 4 is 0 Å². The number of hydrogen-bond donors (Lipinski definition) is 2. The first-order chi connectivity index (χ1) is 14.0. The molecule has 5 saturated carbocycles. The van der Waals surface area contributed by atoms with Gasteiger partial charge in [-0.2, -0.15) is 0 Å². The number of aliphatic hydroxyl groups excluding tert-OH is 1. The van der Waals surface area contributed by atoms with Crippen molar-refractivity contribution in [1.29, 1.82) is 0 Å². The molecule has 13 atom stereocenters. The van der Waals surface area contributed by atoms with Gasteiger partial charge in [0, 0.05) is 61.6 Å². The summed E-state index contributed by atoms with van der Waals surface area (Å²) in [5.41, 5.74) is -2.09. The summed E-state index contributed by atoms with van der Waals surface area (Å²) in [6, 6.07) is 0.183. The Kier molecular flexibility index (Phi) is 2.82. The van der Waals surface area contributed by atoms with Gasteiger partial charge in [-0.3, -0.25) is 4.90 Å². The van der Waals surface area contributed by atoms with Crippen molar-refractivity contribution in [1.82, 2.24) is 4.90 Å². The molecule has 0 amide bonds. The van der Waals surface area contributed by atoms with Crippen LogP contribution in [0.2, 0.25) is 0 Å². The number of rotatable bonds is 2. The minimum Gasteiger partial charge on any atom is -0.392 e. The van der Waals surface area contributed by atoms with Crippen LogP contribution in [0.4, 0.5) is 0 Å². The van der Waals surface area contributed by atoms with Gasteiger partial charge >= 0.3 is 0 Å². The number of hydrogen-bond acceptors (Lipinski definition) is 7. The van der Waals surface area contributed by atoms with Gasteiger partial charge in [0.2, 0.25) is 0 Å². The van der Waals surface area contributed by atoms with Crippen LogP contribution in [0.5, 0.6) is 0 Å². The third-order valence-electron chi connectivity index (χ3n) is 11.3. The van der Waals surface area contributed by atoms with Crippen molar-refractivity contribution in [2.24, 2.45) is 29.1 Å². The van der Waals surface area contributed by atoms with Crippen LogP contribution in [-0.4, -0.2) is 89.4 Å². The first-order valence-electron chi connectivity index (χ1n) is 11.6. The molecule has 5 aliphatic carbocycles. The van der Waals surface area contributed by atoms with Crippen LogP contribution in [0.25, 0.3) is 0 Å². The van der Waals surface area contributed by atoms with Crippen molar-refractivity contribution < 1.29 is 29.2 Å².